The van der Waals surface area contributed by atoms with Crippen molar-refractivity contribution in [2.75, 3.05) is 6.54 Å². The fourth-order valence-corrected chi connectivity index (χ4v) is 5.26. The van der Waals surface area contributed by atoms with Gasteiger partial charge in [0.2, 0.25) is 17.6 Å². The molecule has 0 aromatic heterocycles. The Kier molecular flexibility index (Phi) is 11.1. The molecule has 1 saturated heterocycles. The highest BCUT2D eigenvalue weighted by Gasteiger charge is 2.48. The van der Waals surface area contributed by atoms with E-state index in [9.17, 15) is 33.9 Å². The molecule has 1 aliphatic carbocycles. The van der Waals surface area contributed by atoms with E-state index in [1.807, 2.05) is 20.8 Å². The van der Waals surface area contributed by atoms with Gasteiger partial charge in [0.1, 0.15) is 18.1 Å². The van der Waals surface area contributed by atoms with Gasteiger partial charge < -0.3 is 31.7 Å². The average Bonchev–Trinajstić information content (AvgIpc) is 3.56. The minimum atomic E-state index is -1.18. The molecule has 0 radical (unpaired) electrons. The SMILES string of the molecule is CC[C@H](C)[C@H](NC(=O)N[C@H](C(=O)N1CCC(C(C)C)[C@H]1C(=O)NC(CC1CC1)C(=O)C(N)=O)C(C)(C)C)C(=O)O. The topological polar surface area (TPSA) is 188 Å². The predicted molar refractivity (Wildman–Crippen MR) is 148 cm³/mol. The number of Topliss-reactive ketones (excluding diaryl/α,β-unsaturated/α-hetero) is 1. The molecular weight excluding hydrogens is 518 g/mol. The van der Waals surface area contributed by atoms with Gasteiger partial charge >= 0.3 is 12.0 Å². The van der Waals surface area contributed by atoms with Crippen LogP contribution in [0.15, 0.2) is 0 Å². The normalized spacial score (nSPS) is 22.1. The molecule has 0 spiro atoms. The maximum Gasteiger partial charge on any atom is 0.326 e. The number of likely N-dealkylation sites (tertiary alicyclic amines) is 1. The number of hydrogen-bond acceptors (Lipinski definition) is 6. The van der Waals surface area contributed by atoms with Crippen LogP contribution in [-0.2, 0) is 24.0 Å². The molecule has 1 saturated carbocycles. The van der Waals surface area contributed by atoms with Crippen molar-refractivity contribution in [1.82, 2.24) is 20.9 Å². The van der Waals surface area contributed by atoms with Gasteiger partial charge in [0.25, 0.3) is 5.91 Å². The van der Waals surface area contributed by atoms with Crippen LogP contribution >= 0.6 is 0 Å². The summed E-state index contributed by atoms with van der Waals surface area (Å²) in [5.74, 6) is -4.48. The number of carbonyl (C=O) groups is 6. The number of carboxylic acid groups (broad SMARTS) is 1. The highest BCUT2D eigenvalue weighted by molar-refractivity contribution is 6.37. The van der Waals surface area contributed by atoms with Gasteiger partial charge in [-0.1, -0.05) is 67.7 Å². The van der Waals surface area contributed by atoms with Crippen LogP contribution in [0, 0.1) is 29.1 Å². The summed E-state index contributed by atoms with van der Waals surface area (Å²) < 4.78 is 0. The van der Waals surface area contributed by atoms with Gasteiger partial charge in [-0.05, 0) is 41.9 Å². The highest BCUT2D eigenvalue weighted by atomic mass is 16.4. The minimum absolute atomic E-state index is 0.0264. The van der Waals surface area contributed by atoms with E-state index >= 15 is 0 Å². The van der Waals surface area contributed by atoms with Crippen LogP contribution in [0.25, 0.3) is 0 Å². The summed E-state index contributed by atoms with van der Waals surface area (Å²) in [5, 5.41) is 17.4. The maximum atomic E-state index is 14.0. The van der Waals surface area contributed by atoms with E-state index in [2.05, 4.69) is 16.0 Å². The van der Waals surface area contributed by atoms with Gasteiger partial charge in [-0.3, -0.25) is 19.2 Å². The molecule has 0 bridgehead atoms. The van der Waals surface area contributed by atoms with Crippen LogP contribution in [-0.4, -0.2) is 76.2 Å². The molecule has 6 atom stereocenters. The van der Waals surface area contributed by atoms with Gasteiger partial charge in [-0.15, -0.1) is 0 Å². The lowest BCUT2D eigenvalue weighted by atomic mass is 9.84. The third-order valence-electron chi connectivity index (χ3n) is 8.15. The first kappa shape index (κ1) is 33.0. The first-order valence-corrected chi connectivity index (χ1v) is 14.2. The van der Waals surface area contributed by atoms with E-state index < -0.39 is 65.1 Å². The minimum Gasteiger partial charge on any atom is -0.480 e. The second kappa shape index (κ2) is 13.5. The standard InChI is InChI=1S/C28H47N5O7/c1-8-15(4)19(26(38)39)31-27(40)32-22(28(5,6)7)25(37)33-12-11-17(14(2)3)20(33)24(36)30-18(13-16-9-10-16)21(34)23(29)35/h14-20,22H,8-13H2,1-7H3,(H2,29,35)(H,30,36)(H,38,39)(H2,31,32,40)/t15-,17?,18?,19-,20-,22+/m0/s1. The molecule has 40 heavy (non-hydrogen) atoms. The summed E-state index contributed by atoms with van der Waals surface area (Å²) in [6.45, 7) is 13.0. The number of primary amides is 1. The monoisotopic (exact) mass is 565 g/mol. The molecule has 0 aromatic carbocycles. The van der Waals surface area contributed by atoms with E-state index in [0.717, 1.165) is 12.8 Å². The third kappa shape index (κ3) is 8.41. The van der Waals surface area contributed by atoms with Gasteiger partial charge in [-0.2, -0.15) is 0 Å². The van der Waals surface area contributed by atoms with Crippen LogP contribution in [0.1, 0.15) is 80.6 Å². The first-order valence-electron chi connectivity index (χ1n) is 14.2. The van der Waals surface area contributed by atoms with E-state index in [1.54, 1.807) is 27.7 Å². The molecular formula is C28H47N5O7. The maximum absolute atomic E-state index is 14.0. The van der Waals surface area contributed by atoms with Gasteiger partial charge in [0.15, 0.2) is 0 Å². The Labute approximate surface area is 236 Å². The molecule has 2 aliphatic rings. The lowest BCUT2D eigenvalue weighted by molar-refractivity contribution is -0.144. The molecule has 5 amide bonds. The molecule has 1 heterocycles. The zero-order chi connectivity index (χ0) is 30.5. The van der Waals surface area contributed by atoms with Crippen molar-refractivity contribution in [3.05, 3.63) is 0 Å². The summed E-state index contributed by atoms with van der Waals surface area (Å²) in [6.07, 6.45) is 3.19. The Balaban J connectivity index is 2.31. The zero-order valence-electron chi connectivity index (χ0n) is 24.8. The fourth-order valence-electron chi connectivity index (χ4n) is 5.26. The number of carboxylic acids is 1. The van der Waals surface area contributed by atoms with E-state index in [-0.39, 0.29) is 30.2 Å². The zero-order valence-corrected chi connectivity index (χ0v) is 24.8. The van der Waals surface area contributed by atoms with Gasteiger partial charge in [0.05, 0.1) is 6.04 Å². The molecule has 12 heteroatoms. The summed E-state index contributed by atoms with van der Waals surface area (Å²) in [7, 11) is 0. The van der Waals surface area contributed by atoms with Gasteiger partial charge in [-0.25, -0.2) is 9.59 Å². The van der Waals surface area contributed by atoms with Gasteiger partial charge in [0, 0.05) is 6.54 Å². The van der Waals surface area contributed by atoms with Crippen molar-refractivity contribution in [1.29, 1.82) is 0 Å². The molecule has 0 aromatic rings. The second-order valence-electron chi connectivity index (χ2n) is 12.8. The Bertz CT molecular complexity index is 988. The van der Waals surface area contributed by atoms with Crippen LogP contribution in [0.2, 0.25) is 0 Å². The Morgan fingerprint density at radius 3 is 2.02 bits per heavy atom. The van der Waals surface area contributed by atoms with Crippen molar-refractivity contribution in [2.45, 2.75) is 105 Å². The molecule has 226 valence electrons. The number of aliphatic carboxylic acids is 1. The van der Waals surface area contributed by atoms with Crippen LogP contribution in [0.4, 0.5) is 4.79 Å². The fraction of sp³-hybridized carbons (Fsp3) is 0.786. The largest absolute Gasteiger partial charge is 0.480 e. The third-order valence-corrected chi connectivity index (χ3v) is 8.15. The number of nitrogens with zero attached hydrogens (tertiary/aromatic N) is 1. The van der Waals surface area contributed by atoms with E-state index in [4.69, 9.17) is 5.73 Å². The summed E-state index contributed by atoms with van der Waals surface area (Å²) in [4.78, 5) is 77.8. The molecule has 1 aliphatic heterocycles. The highest BCUT2D eigenvalue weighted by Crippen LogP contribution is 2.35. The molecule has 12 nitrogen and oxygen atoms in total. The van der Waals surface area contributed by atoms with Crippen molar-refractivity contribution in [2.24, 2.45) is 34.8 Å². The molecule has 2 fully saturated rings. The summed E-state index contributed by atoms with van der Waals surface area (Å²) in [6, 6.07) is -4.98. The Morgan fingerprint density at radius 2 is 1.57 bits per heavy atom. The van der Waals surface area contributed by atoms with E-state index in [0.29, 0.717) is 19.3 Å². The molecule has 2 unspecified atom stereocenters. The van der Waals surface area contributed by atoms with Crippen molar-refractivity contribution < 1.29 is 33.9 Å². The smallest absolute Gasteiger partial charge is 0.326 e. The number of nitrogens with one attached hydrogen (secondary N) is 3. The number of hydrogen-bond donors (Lipinski definition) is 5. The number of amides is 5. The van der Waals surface area contributed by atoms with Crippen LogP contribution in [0.5, 0.6) is 0 Å². The van der Waals surface area contributed by atoms with Crippen molar-refractivity contribution in [3.8, 4) is 0 Å². The quantitative estimate of drug-likeness (QED) is 0.209. The summed E-state index contributed by atoms with van der Waals surface area (Å²) in [5.41, 5.74) is 4.46. The predicted octanol–water partition coefficient (Wildman–Crippen LogP) is 1.41. The molecule has 2 rings (SSSR count). The van der Waals surface area contributed by atoms with Crippen LogP contribution < -0.4 is 21.7 Å². The van der Waals surface area contributed by atoms with Crippen LogP contribution in [0.3, 0.4) is 0 Å². The summed E-state index contributed by atoms with van der Waals surface area (Å²) >= 11 is 0. The number of nitrogens with two attached hydrogens (primary N) is 1. The lowest BCUT2D eigenvalue weighted by Gasteiger charge is -2.37. The number of ketones is 1. The molecule has 6 N–H and O–H groups in total. The number of carbonyl (C=O) groups excluding carboxylic acids is 5. The average molecular weight is 566 g/mol. The Hall–Kier alpha value is -3.18. The number of rotatable bonds is 13. The lowest BCUT2D eigenvalue weighted by Crippen LogP contribution is -2.62. The first-order chi connectivity index (χ1) is 18.5. The van der Waals surface area contributed by atoms with Crippen molar-refractivity contribution in [3.63, 3.8) is 0 Å². The number of urea groups is 1. The van der Waals surface area contributed by atoms with Crippen molar-refractivity contribution >= 4 is 35.5 Å². The van der Waals surface area contributed by atoms with E-state index in [1.165, 1.54) is 4.90 Å². The Morgan fingerprint density at radius 1 is 0.975 bits per heavy atom. The second-order valence-corrected chi connectivity index (χ2v) is 12.8.